The van der Waals surface area contributed by atoms with Crippen LogP contribution in [0.3, 0.4) is 0 Å². The first-order valence-electron chi connectivity index (χ1n) is 11.3. The quantitative estimate of drug-likeness (QED) is 0.494. The zero-order valence-electron chi connectivity index (χ0n) is 20.0. The van der Waals surface area contributed by atoms with Crippen LogP contribution < -0.4 is 4.90 Å². The third-order valence-electron chi connectivity index (χ3n) is 6.18. The van der Waals surface area contributed by atoms with Crippen LogP contribution in [0.15, 0.2) is 12.1 Å². The smallest absolute Gasteiger partial charge is 0.357 e. The number of carbonyl (C=O) groups is 2. The molecular formula is C23H34ClF3N4O2. The molecular weight excluding hydrogens is 457 g/mol. The fourth-order valence-corrected chi connectivity index (χ4v) is 4.45. The summed E-state index contributed by atoms with van der Waals surface area (Å²) in [5.74, 6) is -2.63. The maximum atomic E-state index is 13.2. The van der Waals surface area contributed by atoms with Gasteiger partial charge < -0.3 is 14.7 Å². The Hall–Kier alpha value is -2.03. The largest absolute Gasteiger partial charge is 0.400 e. The molecule has 1 atom stereocenters. The summed E-state index contributed by atoms with van der Waals surface area (Å²) >= 11 is 6.22. The molecule has 1 aromatic heterocycles. The van der Waals surface area contributed by atoms with E-state index in [0.29, 0.717) is 24.4 Å². The van der Waals surface area contributed by atoms with Crippen molar-refractivity contribution in [2.75, 3.05) is 45.7 Å². The van der Waals surface area contributed by atoms with Gasteiger partial charge in [-0.25, -0.2) is 4.98 Å². The number of aromatic nitrogens is 1. The Kier molecular flexibility index (Phi) is 9.40. The van der Waals surface area contributed by atoms with E-state index in [1.807, 2.05) is 0 Å². The van der Waals surface area contributed by atoms with E-state index in [9.17, 15) is 22.8 Å². The van der Waals surface area contributed by atoms with E-state index < -0.39 is 23.9 Å². The van der Waals surface area contributed by atoms with Gasteiger partial charge in [0.05, 0.1) is 5.56 Å². The first kappa shape index (κ1) is 27.2. The molecule has 33 heavy (non-hydrogen) atoms. The summed E-state index contributed by atoms with van der Waals surface area (Å²) in [4.78, 5) is 33.6. The van der Waals surface area contributed by atoms with E-state index in [0.717, 1.165) is 38.2 Å². The summed E-state index contributed by atoms with van der Waals surface area (Å²) in [5.41, 5.74) is 0.365. The zero-order valence-corrected chi connectivity index (χ0v) is 20.7. The number of halogens is 4. The lowest BCUT2D eigenvalue weighted by Gasteiger charge is -2.33. The predicted molar refractivity (Wildman–Crippen MR) is 123 cm³/mol. The van der Waals surface area contributed by atoms with Crippen molar-refractivity contribution in [2.45, 2.75) is 45.7 Å². The van der Waals surface area contributed by atoms with Gasteiger partial charge in [0.15, 0.2) is 0 Å². The van der Waals surface area contributed by atoms with E-state index >= 15 is 0 Å². The number of hydrogen-bond acceptors (Lipinski definition) is 4. The van der Waals surface area contributed by atoms with Crippen LogP contribution in [-0.2, 0) is 4.79 Å². The maximum absolute atomic E-state index is 13.2. The molecule has 0 aromatic carbocycles. The van der Waals surface area contributed by atoms with E-state index in [-0.39, 0.29) is 11.1 Å². The number of piperidine rings is 1. The van der Waals surface area contributed by atoms with Gasteiger partial charge in [0, 0.05) is 40.8 Å². The average Bonchev–Trinajstić information content (AvgIpc) is 2.72. The highest BCUT2D eigenvalue weighted by molar-refractivity contribution is 6.32. The average molecular weight is 491 g/mol. The Morgan fingerprint density at radius 2 is 1.79 bits per heavy atom. The minimum Gasteiger partial charge on any atom is -0.357 e. The molecule has 0 aliphatic carbocycles. The van der Waals surface area contributed by atoms with Crippen LogP contribution in [0.25, 0.3) is 0 Å². The van der Waals surface area contributed by atoms with Crippen molar-refractivity contribution in [2.24, 2.45) is 17.8 Å². The molecule has 0 spiro atoms. The maximum Gasteiger partial charge on any atom is 0.400 e. The second-order valence-electron chi connectivity index (χ2n) is 9.30. The monoisotopic (exact) mass is 490 g/mol. The fourth-order valence-electron chi connectivity index (χ4n) is 4.22. The van der Waals surface area contributed by atoms with Crippen LogP contribution >= 0.6 is 11.6 Å². The van der Waals surface area contributed by atoms with Crippen LogP contribution in [-0.4, -0.2) is 73.6 Å². The van der Waals surface area contributed by atoms with Gasteiger partial charge in [-0.15, -0.1) is 0 Å². The van der Waals surface area contributed by atoms with Gasteiger partial charge in [-0.05, 0) is 49.7 Å². The van der Waals surface area contributed by atoms with Gasteiger partial charge >= 0.3 is 6.18 Å². The normalized spacial score (nSPS) is 16.1. The van der Waals surface area contributed by atoms with Crippen molar-refractivity contribution < 1.29 is 22.8 Å². The highest BCUT2D eigenvalue weighted by Gasteiger charge is 2.47. The summed E-state index contributed by atoms with van der Waals surface area (Å²) in [5, 5.41) is 0.180. The van der Waals surface area contributed by atoms with Gasteiger partial charge in [-0.2, -0.15) is 13.2 Å². The van der Waals surface area contributed by atoms with Crippen LogP contribution in [0.1, 0.15) is 49.9 Å². The Morgan fingerprint density at radius 3 is 2.27 bits per heavy atom. The van der Waals surface area contributed by atoms with Crippen molar-refractivity contribution in [1.82, 2.24) is 14.8 Å². The Labute approximate surface area is 199 Å². The molecule has 1 aliphatic rings. The van der Waals surface area contributed by atoms with Gasteiger partial charge in [-0.3, -0.25) is 9.59 Å². The van der Waals surface area contributed by atoms with E-state index in [2.05, 4.69) is 9.88 Å². The molecule has 1 saturated heterocycles. The Balaban J connectivity index is 1.82. The lowest BCUT2D eigenvalue weighted by molar-refractivity contribution is -0.196. The minimum absolute atomic E-state index is 0.180. The molecule has 1 unspecified atom stereocenters. The lowest BCUT2D eigenvalue weighted by atomic mass is 9.91. The Morgan fingerprint density at radius 1 is 1.18 bits per heavy atom. The lowest BCUT2D eigenvalue weighted by Crippen LogP contribution is -2.43. The number of nitrogens with zero attached hydrogens (tertiary/aromatic N) is 4. The number of hydrogen-bond donors (Lipinski definition) is 0. The molecule has 2 amide bonds. The molecule has 0 saturated carbocycles. The van der Waals surface area contributed by atoms with Crippen LogP contribution in [0.4, 0.5) is 19.0 Å². The van der Waals surface area contributed by atoms with Crippen LogP contribution in [0.2, 0.25) is 5.15 Å². The van der Waals surface area contributed by atoms with Gasteiger partial charge in [-0.1, -0.05) is 25.4 Å². The molecule has 0 bridgehead atoms. The first-order chi connectivity index (χ1) is 15.3. The van der Waals surface area contributed by atoms with E-state index in [4.69, 9.17) is 11.6 Å². The minimum atomic E-state index is -4.53. The van der Waals surface area contributed by atoms with Crippen molar-refractivity contribution in [3.8, 4) is 0 Å². The Bertz CT molecular complexity index is 824. The third kappa shape index (κ3) is 7.22. The molecule has 6 nitrogen and oxygen atoms in total. The fraction of sp³-hybridized carbons (Fsp3) is 0.696. The van der Waals surface area contributed by atoms with E-state index in [1.54, 1.807) is 26.2 Å². The molecule has 10 heteroatoms. The summed E-state index contributed by atoms with van der Waals surface area (Å²) in [6, 6.07) is 3.49. The molecule has 1 aromatic rings. The highest BCUT2D eigenvalue weighted by atomic mass is 35.5. The molecule has 0 radical (unpaired) electrons. The third-order valence-corrected chi connectivity index (χ3v) is 6.46. The van der Waals surface area contributed by atoms with Crippen molar-refractivity contribution >= 4 is 29.2 Å². The van der Waals surface area contributed by atoms with Gasteiger partial charge in [0.1, 0.15) is 16.9 Å². The molecule has 2 rings (SSSR count). The van der Waals surface area contributed by atoms with Gasteiger partial charge in [0.25, 0.3) is 5.91 Å². The van der Waals surface area contributed by atoms with Crippen LogP contribution in [0.5, 0.6) is 0 Å². The van der Waals surface area contributed by atoms with E-state index in [1.165, 1.54) is 30.7 Å². The number of rotatable bonds is 8. The number of alkyl halides is 3. The second kappa shape index (κ2) is 11.4. The SMILES string of the molecule is CC(C)C(C(=O)N(C)CCCC1CCN(c2ccc(C(=O)N(C)C)c(Cl)n2)CC1)C(F)(F)F. The van der Waals surface area contributed by atoms with Gasteiger partial charge in [0.2, 0.25) is 5.91 Å². The zero-order chi connectivity index (χ0) is 24.9. The summed E-state index contributed by atoms with van der Waals surface area (Å²) < 4.78 is 39.6. The molecule has 1 aliphatic heterocycles. The van der Waals surface area contributed by atoms with Crippen molar-refractivity contribution in [3.05, 3.63) is 22.8 Å². The van der Waals surface area contributed by atoms with Crippen molar-refractivity contribution in [3.63, 3.8) is 0 Å². The number of pyridine rings is 1. The highest BCUT2D eigenvalue weighted by Crippen LogP contribution is 2.33. The molecule has 0 N–H and O–H groups in total. The van der Waals surface area contributed by atoms with Crippen LogP contribution in [0, 0.1) is 17.8 Å². The first-order valence-corrected chi connectivity index (χ1v) is 11.7. The summed E-state index contributed by atoms with van der Waals surface area (Å²) in [7, 11) is 4.76. The predicted octanol–water partition coefficient (Wildman–Crippen LogP) is 4.73. The molecule has 186 valence electrons. The number of anilines is 1. The molecule has 1 fully saturated rings. The standard InChI is InChI=1S/C23H34ClF3N4O2/c1-15(2)19(23(25,26)27)22(33)30(5)12-6-7-16-10-13-31(14-11-16)18-9-8-17(20(24)28-18)21(32)29(3)4/h8-9,15-16,19H,6-7,10-14H2,1-5H3. The van der Waals surface area contributed by atoms with Crippen molar-refractivity contribution in [1.29, 1.82) is 0 Å². The number of amides is 2. The summed E-state index contributed by atoms with van der Waals surface area (Å²) in [6.45, 7) is 4.73. The second-order valence-corrected chi connectivity index (χ2v) is 9.66. The topological polar surface area (TPSA) is 56.8 Å². The molecule has 2 heterocycles. The number of carbonyl (C=O) groups excluding carboxylic acids is 2. The summed E-state index contributed by atoms with van der Waals surface area (Å²) in [6.07, 6.45) is -1.16.